The van der Waals surface area contributed by atoms with Gasteiger partial charge in [-0.3, -0.25) is 9.20 Å². The van der Waals surface area contributed by atoms with Crippen LogP contribution >= 0.6 is 0 Å². The van der Waals surface area contributed by atoms with Crippen LogP contribution in [0.2, 0.25) is 0 Å². The van der Waals surface area contributed by atoms with Crippen LogP contribution in [0.1, 0.15) is 25.7 Å². The van der Waals surface area contributed by atoms with Crippen LogP contribution in [-0.2, 0) is 11.3 Å². The van der Waals surface area contributed by atoms with Gasteiger partial charge in [-0.15, -0.1) is 5.10 Å². The molecule has 23 heavy (non-hydrogen) atoms. The van der Waals surface area contributed by atoms with Crippen molar-refractivity contribution in [1.29, 1.82) is 0 Å². The highest BCUT2D eigenvalue weighted by Crippen LogP contribution is 2.28. The molecule has 2 aliphatic heterocycles. The lowest BCUT2D eigenvalue weighted by Crippen LogP contribution is -2.43. The van der Waals surface area contributed by atoms with E-state index in [9.17, 15) is 9.59 Å². The summed E-state index contributed by atoms with van der Waals surface area (Å²) in [6.07, 6.45) is 5.24. The first-order valence-electron chi connectivity index (χ1n) is 8.30. The zero-order valence-electron chi connectivity index (χ0n) is 13.0. The number of nitrogens with one attached hydrogen (secondary N) is 1. The van der Waals surface area contributed by atoms with Gasteiger partial charge in [0.25, 0.3) is 0 Å². The summed E-state index contributed by atoms with van der Waals surface area (Å²) >= 11 is 0. The van der Waals surface area contributed by atoms with E-state index < -0.39 is 0 Å². The molecule has 0 aromatic carbocycles. The first-order chi connectivity index (χ1) is 11.2. The molecule has 1 amide bonds. The first-order valence-corrected chi connectivity index (χ1v) is 8.30. The van der Waals surface area contributed by atoms with E-state index >= 15 is 0 Å². The summed E-state index contributed by atoms with van der Waals surface area (Å²) in [4.78, 5) is 27.0. The Labute approximate surface area is 133 Å². The van der Waals surface area contributed by atoms with Gasteiger partial charge in [-0.1, -0.05) is 6.07 Å². The molecule has 4 heterocycles. The molecule has 2 aromatic heterocycles. The molecule has 2 aliphatic rings. The minimum absolute atomic E-state index is 0.144. The van der Waals surface area contributed by atoms with Crippen molar-refractivity contribution >= 4 is 11.6 Å². The van der Waals surface area contributed by atoms with E-state index in [1.807, 2.05) is 6.07 Å². The number of hydrogen-bond acceptors (Lipinski definition) is 4. The number of nitrogens with zero attached hydrogens (tertiary/aromatic N) is 4. The van der Waals surface area contributed by atoms with Crippen LogP contribution in [0, 0.1) is 0 Å². The summed E-state index contributed by atoms with van der Waals surface area (Å²) in [7, 11) is 0. The average molecular weight is 315 g/mol. The molecular weight excluding hydrogens is 294 g/mol. The zero-order chi connectivity index (χ0) is 15.8. The number of pyridine rings is 1. The van der Waals surface area contributed by atoms with E-state index in [-0.39, 0.29) is 11.6 Å². The first kappa shape index (κ1) is 14.4. The number of carbonyl (C=O) groups is 1. The Hall–Kier alpha value is -2.15. The molecule has 2 saturated heterocycles. The van der Waals surface area contributed by atoms with Crippen LogP contribution < -0.4 is 11.0 Å². The van der Waals surface area contributed by atoms with Gasteiger partial charge in [-0.05, 0) is 37.9 Å². The third-order valence-corrected chi connectivity index (χ3v) is 4.97. The molecule has 2 fully saturated rings. The number of fused-ring (bicyclic) bond motifs is 3. The molecule has 7 heteroatoms. The Kier molecular flexibility index (Phi) is 3.65. The maximum Gasteiger partial charge on any atom is 0.350 e. The Morgan fingerprint density at radius 3 is 3.00 bits per heavy atom. The van der Waals surface area contributed by atoms with Gasteiger partial charge in [-0.25, -0.2) is 9.48 Å². The SMILES string of the molecule is O=C(CCn1nc2ccccn2c1=O)N1C2CCNCC1CC2. The third kappa shape index (κ3) is 2.55. The maximum absolute atomic E-state index is 12.7. The van der Waals surface area contributed by atoms with Crippen LogP contribution in [0.25, 0.3) is 5.65 Å². The van der Waals surface area contributed by atoms with Crippen LogP contribution in [-0.4, -0.2) is 50.2 Å². The summed E-state index contributed by atoms with van der Waals surface area (Å²) < 4.78 is 2.90. The summed E-state index contributed by atoms with van der Waals surface area (Å²) in [6.45, 7) is 2.20. The van der Waals surface area contributed by atoms with Crippen molar-refractivity contribution in [2.75, 3.05) is 13.1 Å². The fraction of sp³-hybridized carbons (Fsp3) is 0.562. The molecule has 0 aliphatic carbocycles. The lowest BCUT2D eigenvalue weighted by Gasteiger charge is -2.27. The lowest BCUT2D eigenvalue weighted by molar-refractivity contribution is -0.134. The fourth-order valence-corrected chi connectivity index (χ4v) is 3.83. The van der Waals surface area contributed by atoms with E-state index in [4.69, 9.17) is 0 Å². The standard InChI is InChI=1S/C16H21N5O2/c22-15(21-12-4-5-13(21)11-17-8-6-12)7-10-20-16(23)19-9-2-1-3-14(19)18-20/h1-3,9,12-13,17H,4-8,10-11H2. The molecule has 0 saturated carbocycles. The van der Waals surface area contributed by atoms with Gasteiger partial charge in [-0.2, -0.15) is 0 Å². The molecule has 122 valence electrons. The van der Waals surface area contributed by atoms with Gasteiger partial charge < -0.3 is 10.2 Å². The van der Waals surface area contributed by atoms with Gasteiger partial charge in [0.15, 0.2) is 5.65 Å². The van der Waals surface area contributed by atoms with Gasteiger partial charge in [0.1, 0.15) is 0 Å². The van der Waals surface area contributed by atoms with Gasteiger partial charge in [0, 0.05) is 31.2 Å². The molecule has 4 rings (SSSR count). The largest absolute Gasteiger partial charge is 0.350 e. The van der Waals surface area contributed by atoms with E-state index in [1.54, 1.807) is 18.3 Å². The number of aryl methyl sites for hydroxylation is 1. The molecule has 2 aromatic rings. The van der Waals surface area contributed by atoms with E-state index in [0.717, 1.165) is 32.4 Å². The van der Waals surface area contributed by atoms with Crippen molar-refractivity contribution in [2.24, 2.45) is 0 Å². The number of carbonyl (C=O) groups excluding carboxylic acids is 1. The van der Waals surface area contributed by atoms with Crippen LogP contribution in [0.5, 0.6) is 0 Å². The molecule has 2 unspecified atom stereocenters. The van der Waals surface area contributed by atoms with E-state index in [2.05, 4.69) is 15.3 Å². The van der Waals surface area contributed by atoms with Crippen LogP contribution in [0.15, 0.2) is 29.2 Å². The van der Waals surface area contributed by atoms with Crippen molar-refractivity contribution in [3.63, 3.8) is 0 Å². The number of rotatable bonds is 3. The highest BCUT2D eigenvalue weighted by Gasteiger charge is 2.37. The number of amides is 1. The highest BCUT2D eigenvalue weighted by atomic mass is 16.2. The minimum atomic E-state index is -0.186. The van der Waals surface area contributed by atoms with Crippen molar-refractivity contribution in [1.82, 2.24) is 24.4 Å². The predicted molar refractivity (Wildman–Crippen MR) is 85.2 cm³/mol. The van der Waals surface area contributed by atoms with Gasteiger partial charge in [0.05, 0.1) is 6.54 Å². The molecule has 0 spiro atoms. The normalized spacial score (nSPS) is 24.1. The molecule has 2 bridgehead atoms. The number of hydrogen-bond donors (Lipinski definition) is 1. The third-order valence-electron chi connectivity index (χ3n) is 4.97. The summed E-state index contributed by atoms with van der Waals surface area (Å²) in [6, 6.07) is 6.11. The second-order valence-electron chi connectivity index (χ2n) is 6.36. The van der Waals surface area contributed by atoms with Crippen LogP contribution in [0.4, 0.5) is 0 Å². The Bertz CT molecular complexity index is 766. The lowest BCUT2D eigenvalue weighted by atomic mass is 10.1. The Morgan fingerprint density at radius 2 is 2.13 bits per heavy atom. The minimum Gasteiger partial charge on any atom is -0.335 e. The Morgan fingerprint density at radius 1 is 1.26 bits per heavy atom. The van der Waals surface area contributed by atoms with Gasteiger partial charge >= 0.3 is 5.69 Å². The highest BCUT2D eigenvalue weighted by molar-refractivity contribution is 5.77. The molecule has 0 radical (unpaired) electrons. The van der Waals surface area contributed by atoms with Crippen LogP contribution in [0.3, 0.4) is 0 Å². The average Bonchev–Trinajstić information content (AvgIpc) is 3.01. The summed E-state index contributed by atoms with van der Waals surface area (Å²) in [5, 5.41) is 7.68. The monoisotopic (exact) mass is 315 g/mol. The predicted octanol–water partition coefficient (Wildman–Crippen LogP) is 0.239. The second kappa shape index (κ2) is 5.81. The van der Waals surface area contributed by atoms with Crippen molar-refractivity contribution in [3.8, 4) is 0 Å². The second-order valence-corrected chi connectivity index (χ2v) is 6.36. The Balaban J connectivity index is 1.49. The molecule has 2 atom stereocenters. The van der Waals surface area contributed by atoms with Crippen molar-refractivity contribution < 1.29 is 4.79 Å². The molecule has 7 nitrogen and oxygen atoms in total. The number of aromatic nitrogens is 3. The molecule has 1 N–H and O–H groups in total. The van der Waals surface area contributed by atoms with E-state index in [0.29, 0.717) is 30.7 Å². The zero-order valence-corrected chi connectivity index (χ0v) is 13.0. The summed E-state index contributed by atoms with van der Waals surface area (Å²) in [5.74, 6) is 0.144. The quantitative estimate of drug-likeness (QED) is 0.881. The molecular formula is C16H21N5O2. The van der Waals surface area contributed by atoms with E-state index in [1.165, 1.54) is 9.08 Å². The van der Waals surface area contributed by atoms with Crippen molar-refractivity contribution in [3.05, 3.63) is 34.9 Å². The van der Waals surface area contributed by atoms with Gasteiger partial charge in [0.2, 0.25) is 5.91 Å². The maximum atomic E-state index is 12.7. The summed E-state index contributed by atoms with van der Waals surface area (Å²) in [5.41, 5.74) is 0.429. The van der Waals surface area contributed by atoms with Crippen molar-refractivity contribution in [2.45, 2.75) is 44.3 Å². The topological polar surface area (TPSA) is 71.6 Å². The smallest absolute Gasteiger partial charge is 0.335 e. The fourth-order valence-electron chi connectivity index (χ4n) is 3.83.